The van der Waals surface area contributed by atoms with Crippen molar-refractivity contribution in [3.05, 3.63) is 182 Å². The van der Waals surface area contributed by atoms with E-state index in [4.69, 9.17) is 6.85 Å². The largest absolute Gasteiger partial charge is 0.309 e. The zero-order valence-electron chi connectivity index (χ0n) is 32.5. The molecule has 0 N–H and O–H groups in total. The summed E-state index contributed by atoms with van der Waals surface area (Å²) in [6.45, 7) is 0. The van der Waals surface area contributed by atoms with Crippen LogP contribution >= 0.6 is 11.3 Å². The third-order valence-electron chi connectivity index (χ3n) is 10.3. The minimum Gasteiger partial charge on any atom is -0.309 e. The fourth-order valence-corrected chi connectivity index (χ4v) is 9.16. The van der Waals surface area contributed by atoms with Crippen molar-refractivity contribution in [2.24, 2.45) is 0 Å². The fourth-order valence-electron chi connectivity index (χ4n) is 8.00. The number of rotatable bonds is 4. The van der Waals surface area contributed by atoms with E-state index in [-0.39, 0.29) is 35.6 Å². The first-order chi connectivity index (χ1) is 27.8. The van der Waals surface area contributed by atoms with Crippen LogP contribution in [-0.4, -0.2) is 9.13 Å². The van der Waals surface area contributed by atoms with E-state index in [9.17, 15) is 4.39 Å². The lowest BCUT2D eigenvalue weighted by atomic mass is 9.99. The maximum absolute atomic E-state index is 13.9. The molecule has 0 saturated carbocycles. The highest BCUT2D eigenvalue weighted by Gasteiger charge is 2.18. The van der Waals surface area contributed by atoms with Crippen molar-refractivity contribution in [1.29, 1.82) is 0 Å². The number of fused-ring (bicyclic) bond motifs is 9. The van der Waals surface area contributed by atoms with Gasteiger partial charge in [0.15, 0.2) is 0 Å². The number of nitrogens with zero attached hydrogens (tertiary/aromatic N) is 2. The van der Waals surface area contributed by atoms with Crippen LogP contribution in [0.15, 0.2) is 176 Å². The quantitative estimate of drug-likeness (QED) is 0.174. The first-order valence-corrected chi connectivity index (χ1v) is 17.9. The molecule has 0 radical (unpaired) electrons. The Morgan fingerprint density at radius 2 is 1.04 bits per heavy atom. The summed E-state index contributed by atoms with van der Waals surface area (Å²) in [5.41, 5.74) is 9.25. The Balaban J connectivity index is 1.06. The van der Waals surface area contributed by atoms with Gasteiger partial charge < -0.3 is 9.13 Å². The number of para-hydroxylation sites is 2. The molecule has 0 bridgehead atoms. The summed E-state index contributed by atoms with van der Waals surface area (Å²) >= 11 is 1.63. The van der Waals surface area contributed by atoms with Crippen LogP contribution in [0.25, 0.3) is 97.4 Å². The van der Waals surface area contributed by atoms with Gasteiger partial charge in [-0.05, 0) is 101 Å². The Labute approximate surface area is 309 Å². The second-order valence-electron chi connectivity index (χ2n) is 13.1. The molecule has 8 aromatic carbocycles. The number of benzene rings is 8. The molecule has 0 spiro atoms. The fraction of sp³-hybridized carbons (Fsp3) is 0. The van der Waals surface area contributed by atoms with E-state index in [2.05, 4.69) is 106 Å². The van der Waals surface area contributed by atoms with Gasteiger partial charge in [-0.15, -0.1) is 11.3 Å². The lowest BCUT2D eigenvalue weighted by molar-refractivity contribution is 0.627. The Morgan fingerprint density at radius 3 is 1.71 bits per heavy atom. The van der Waals surface area contributed by atoms with Crippen molar-refractivity contribution >= 4 is 75.1 Å². The molecule has 3 heterocycles. The molecule has 52 heavy (non-hydrogen) atoms. The summed E-state index contributed by atoms with van der Waals surface area (Å²) in [6, 6.07) is 47.3. The van der Waals surface area contributed by atoms with Gasteiger partial charge >= 0.3 is 0 Å². The van der Waals surface area contributed by atoms with Crippen LogP contribution in [-0.2, 0) is 0 Å². The molecule has 11 rings (SSSR count). The molecular formula is C48H29FN2S. The van der Waals surface area contributed by atoms with Gasteiger partial charge in [-0.1, -0.05) is 96.9 Å². The third kappa shape index (κ3) is 4.35. The van der Waals surface area contributed by atoms with Crippen molar-refractivity contribution in [2.45, 2.75) is 0 Å². The van der Waals surface area contributed by atoms with Crippen LogP contribution in [0.5, 0.6) is 0 Å². The molecule has 11 aromatic rings. The van der Waals surface area contributed by atoms with Crippen molar-refractivity contribution in [3.63, 3.8) is 0 Å². The zero-order valence-corrected chi connectivity index (χ0v) is 28.4. The van der Waals surface area contributed by atoms with Crippen LogP contribution in [0.2, 0.25) is 0 Å². The third-order valence-corrected chi connectivity index (χ3v) is 11.4. The van der Waals surface area contributed by atoms with Gasteiger partial charge in [-0.2, -0.15) is 0 Å². The molecular weight excluding hydrogens is 656 g/mol. The summed E-state index contributed by atoms with van der Waals surface area (Å²) in [6.07, 6.45) is 0. The number of thiophene rings is 1. The number of aromatic nitrogens is 2. The number of hydrogen-bond donors (Lipinski definition) is 0. The summed E-state index contributed by atoms with van der Waals surface area (Å²) in [5.74, 6) is -0.261. The topological polar surface area (TPSA) is 9.86 Å². The molecule has 0 saturated heterocycles. The summed E-state index contributed by atoms with van der Waals surface area (Å²) in [5, 5.41) is 6.39. The van der Waals surface area contributed by atoms with Crippen molar-refractivity contribution < 1.29 is 11.2 Å². The second-order valence-corrected chi connectivity index (χ2v) is 14.2. The van der Waals surface area contributed by atoms with Gasteiger partial charge in [0.2, 0.25) is 0 Å². The average molecular weight is 690 g/mol. The number of hydrogen-bond acceptors (Lipinski definition) is 1. The highest BCUT2D eigenvalue weighted by Crippen LogP contribution is 2.43. The molecule has 0 unspecified atom stereocenters. The van der Waals surface area contributed by atoms with Crippen molar-refractivity contribution in [3.8, 4) is 33.6 Å². The monoisotopic (exact) mass is 689 g/mol. The number of halogens is 1. The molecule has 244 valence electrons. The van der Waals surface area contributed by atoms with Gasteiger partial charge in [0.05, 0.1) is 28.9 Å². The van der Waals surface area contributed by atoms with Crippen LogP contribution in [0.3, 0.4) is 0 Å². The van der Waals surface area contributed by atoms with Crippen molar-refractivity contribution in [1.82, 2.24) is 9.13 Å². The van der Waals surface area contributed by atoms with E-state index >= 15 is 0 Å². The van der Waals surface area contributed by atoms with Gasteiger partial charge in [-0.3, -0.25) is 0 Å². The maximum Gasteiger partial charge on any atom is 0.123 e. The Bertz CT molecular complexity index is 3460. The molecule has 0 aliphatic rings. The summed E-state index contributed by atoms with van der Waals surface area (Å²) < 4.78 is 62.5. The smallest absolute Gasteiger partial charge is 0.123 e. The summed E-state index contributed by atoms with van der Waals surface area (Å²) in [7, 11) is 0. The molecule has 0 fully saturated rings. The Kier molecular flexibility index (Phi) is 5.33. The second kappa shape index (κ2) is 11.3. The zero-order chi connectivity index (χ0) is 38.7. The van der Waals surface area contributed by atoms with E-state index in [0.29, 0.717) is 5.56 Å². The highest BCUT2D eigenvalue weighted by atomic mass is 32.1. The van der Waals surface area contributed by atoms with Gasteiger partial charge in [0.25, 0.3) is 0 Å². The summed E-state index contributed by atoms with van der Waals surface area (Å²) in [4.78, 5) is 0. The van der Waals surface area contributed by atoms with Gasteiger partial charge in [0.1, 0.15) is 5.82 Å². The van der Waals surface area contributed by atoms with E-state index in [0.717, 1.165) is 86.3 Å². The van der Waals surface area contributed by atoms with Crippen LogP contribution in [0.4, 0.5) is 4.39 Å². The molecule has 3 aromatic heterocycles. The first kappa shape index (κ1) is 24.6. The SMILES string of the molecule is [2H]c1c([2H])c([2H])c(-c2cccc3sc4cc(-n5c6ccccc6c6cc(-c7ccc8c(c7)c7ccccc7n8-c7ccc(F)cc7)ccc65)ccc4c23)c([2H])c1[2H]. The lowest BCUT2D eigenvalue weighted by Crippen LogP contribution is -1.94. The average Bonchev–Trinajstić information content (AvgIpc) is 3.90. The van der Waals surface area contributed by atoms with Crippen molar-refractivity contribution in [2.75, 3.05) is 0 Å². The lowest BCUT2D eigenvalue weighted by Gasteiger charge is -2.10. The normalized spacial score (nSPS) is 13.3. The molecule has 0 amide bonds. The van der Waals surface area contributed by atoms with E-state index < -0.39 is 6.04 Å². The standard InChI is InChI=1S/C48H29FN2S/c49-33-19-21-34(22-20-33)50-42-14-6-4-11-37(42)40-27-31(17-25-44(40)50)32-18-26-45-41(28-32)38-12-5-7-15-43(38)51(45)35-23-24-39-47(29-35)52-46-16-8-13-36(48(39)46)30-9-2-1-3-10-30/h1-29H/i1D,2D,3D,9D,10D. The van der Waals surface area contributed by atoms with Crippen LogP contribution in [0, 0.1) is 5.82 Å². The first-order valence-electron chi connectivity index (χ1n) is 19.6. The van der Waals surface area contributed by atoms with E-state index in [1.807, 2.05) is 36.4 Å². The molecule has 0 aliphatic heterocycles. The van der Waals surface area contributed by atoms with Gasteiger partial charge in [-0.25, -0.2) is 4.39 Å². The maximum atomic E-state index is 13.9. The minimum atomic E-state index is -0.396. The predicted molar refractivity (Wildman–Crippen MR) is 219 cm³/mol. The minimum absolute atomic E-state index is 0.203. The van der Waals surface area contributed by atoms with Gasteiger partial charge in [0, 0.05) is 53.1 Å². The molecule has 2 nitrogen and oxygen atoms in total. The highest BCUT2D eigenvalue weighted by molar-refractivity contribution is 7.26. The van der Waals surface area contributed by atoms with Crippen LogP contribution < -0.4 is 0 Å². The molecule has 0 aliphatic carbocycles. The Morgan fingerprint density at radius 1 is 0.442 bits per heavy atom. The van der Waals surface area contributed by atoms with E-state index in [1.54, 1.807) is 11.3 Å². The molecule has 4 heteroatoms. The van der Waals surface area contributed by atoms with E-state index in [1.165, 1.54) is 12.1 Å². The predicted octanol–water partition coefficient (Wildman–Crippen LogP) is 13.7. The molecule has 0 atom stereocenters. The Hall–Kier alpha value is -6.49. The van der Waals surface area contributed by atoms with Crippen LogP contribution in [0.1, 0.15) is 6.85 Å².